The molecule has 0 amide bonds. The second-order valence-electron chi connectivity index (χ2n) is 9.69. The van der Waals surface area contributed by atoms with Crippen LogP contribution in [0.4, 0.5) is 11.6 Å². The molecular formula is C33H28N6O. The van der Waals surface area contributed by atoms with E-state index in [1.165, 1.54) is 0 Å². The molecule has 2 aromatic carbocycles. The van der Waals surface area contributed by atoms with Crippen LogP contribution >= 0.6 is 0 Å². The highest BCUT2D eigenvalue weighted by Crippen LogP contribution is 2.36. The van der Waals surface area contributed by atoms with Crippen molar-refractivity contribution in [3.63, 3.8) is 0 Å². The molecule has 1 atom stereocenters. The SMILES string of the molecule is C=Cc1cccc(Nc2nccc(-c3c(-c4cccc(C(C)C(=O)c5cccn5C)c4)nn4ccccc34)n2)c1. The Bertz CT molecular complexity index is 1860. The van der Waals surface area contributed by atoms with E-state index in [2.05, 4.69) is 22.9 Å². The first-order valence-corrected chi connectivity index (χ1v) is 13.1. The number of aromatic nitrogens is 5. The number of hydrogen-bond acceptors (Lipinski definition) is 5. The maximum absolute atomic E-state index is 13.3. The molecule has 0 aliphatic carbocycles. The molecule has 0 spiro atoms. The minimum absolute atomic E-state index is 0.0758. The summed E-state index contributed by atoms with van der Waals surface area (Å²) in [5.41, 5.74) is 7.75. The van der Waals surface area contributed by atoms with Gasteiger partial charge in [-0.3, -0.25) is 4.79 Å². The summed E-state index contributed by atoms with van der Waals surface area (Å²) >= 11 is 0. The van der Waals surface area contributed by atoms with E-state index in [-0.39, 0.29) is 11.7 Å². The Kier molecular flexibility index (Phi) is 6.54. The number of benzene rings is 2. The maximum atomic E-state index is 13.3. The number of hydrogen-bond donors (Lipinski definition) is 1. The van der Waals surface area contributed by atoms with Crippen molar-refractivity contribution >= 4 is 29.0 Å². The van der Waals surface area contributed by atoms with Gasteiger partial charge in [0.25, 0.3) is 0 Å². The Labute approximate surface area is 232 Å². The highest BCUT2D eigenvalue weighted by Gasteiger charge is 2.22. The van der Waals surface area contributed by atoms with Crippen molar-refractivity contribution in [3.05, 3.63) is 127 Å². The smallest absolute Gasteiger partial charge is 0.227 e. The second-order valence-corrected chi connectivity index (χ2v) is 9.69. The van der Waals surface area contributed by atoms with Crippen LogP contribution in [0.3, 0.4) is 0 Å². The topological polar surface area (TPSA) is 77.1 Å². The number of anilines is 2. The molecule has 0 saturated heterocycles. The molecule has 1 unspecified atom stereocenters. The van der Waals surface area contributed by atoms with Crippen LogP contribution in [0.5, 0.6) is 0 Å². The van der Waals surface area contributed by atoms with E-state index in [0.717, 1.165) is 44.8 Å². The lowest BCUT2D eigenvalue weighted by Gasteiger charge is -2.13. The molecule has 40 heavy (non-hydrogen) atoms. The standard InChI is InChI=1S/C33H28N6O/c1-4-23-10-7-13-26(20-23)35-33-34-17-16-27(36-33)30-28-14-5-6-19-39(28)37-31(30)25-12-8-11-24(21-25)22(2)32(40)29-15-9-18-38(29)3/h4-22H,1H2,2-3H3,(H,34,35,36). The Morgan fingerprint density at radius 3 is 2.67 bits per heavy atom. The molecule has 0 bridgehead atoms. The van der Waals surface area contributed by atoms with E-state index in [1.807, 2.05) is 114 Å². The molecule has 4 heterocycles. The highest BCUT2D eigenvalue weighted by molar-refractivity contribution is 6.00. The van der Waals surface area contributed by atoms with Crippen LogP contribution in [-0.4, -0.2) is 29.9 Å². The van der Waals surface area contributed by atoms with E-state index in [0.29, 0.717) is 11.6 Å². The Morgan fingerprint density at radius 1 is 0.975 bits per heavy atom. The number of aryl methyl sites for hydroxylation is 1. The molecule has 6 rings (SSSR count). The van der Waals surface area contributed by atoms with Gasteiger partial charge < -0.3 is 9.88 Å². The number of nitrogens with zero attached hydrogens (tertiary/aromatic N) is 5. The highest BCUT2D eigenvalue weighted by atomic mass is 16.1. The lowest BCUT2D eigenvalue weighted by Crippen LogP contribution is -2.13. The molecule has 0 aliphatic heterocycles. The molecule has 0 saturated carbocycles. The summed E-state index contributed by atoms with van der Waals surface area (Å²) < 4.78 is 3.72. The van der Waals surface area contributed by atoms with Gasteiger partial charge in [-0.2, -0.15) is 5.10 Å². The first kappa shape index (κ1) is 25.0. The summed E-state index contributed by atoms with van der Waals surface area (Å²) in [7, 11) is 1.89. The van der Waals surface area contributed by atoms with Gasteiger partial charge in [-0.1, -0.05) is 56.0 Å². The molecule has 7 heteroatoms. The number of fused-ring (bicyclic) bond motifs is 1. The summed E-state index contributed by atoms with van der Waals surface area (Å²) in [6.45, 7) is 5.80. The minimum Gasteiger partial charge on any atom is -0.348 e. The summed E-state index contributed by atoms with van der Waals surface area (Å²) in [6, 6.07) is 27.6. The number of pyridine rings is 1. The van der Waals surface area contributed by atoms with Gasteiger partial charge in [0, 0.05) is 42.8 Å². The third-order valence-electron chi connectivity index (χ3n) is 7.08. The quantitative estimate of drug-likeness (QED) is 0.214. The van der Waals surface area contributed by atoms with Crippen molar-refractivity contribution in [2.75, 3.05) is 5.32 Å². The lowest BCUT2D eigenvalue weighted by atomic mass is 9.92. The van der Waals surface area contributed by atoms with E-state index < -0.39 is 0 Å². The largest absolute Gasteiger partial charge is 0.348 e. The zero-order valence-corrected chi connectivity index (χ0v) is 22.3. The fraction of sp³-hybridized carbons (Fsp3) is 0.0909. The van der Waals surface area contributed by atoms with Gasteiger partial charge in [0.2, 0.25) is 5.95 Å². The minimum atomic E-state index is -0.310. The van der Waals surface area contributed by atoms with E-state index in [9.17, 15) is 4.79 Å². The van der Waals surface area contributed by atoms with Gasteiger partial charge in [-0.15, -0.1) is 0 Å². The summed E-state index contributed by atoms with van der Waals surface area (Å²) in [5.74, 6) is 0.248. The third kappa shape index (κ3) is 4.69. The van der Waals surface area contributed by atoms with Crippen LogP contribution < -0.4 is 5.32 Å². The van der Waals surface area contributed by atoms with Crippen molar-refractivity contribution in [1.82, 2.24) is 24.1 Å². The number of nitrogens with one attached hydrogen (secondary N) is 1. The van der Waals surface area contributed by atoms with Crippen molar-refractivity contribution in [1.29, 1.82) is 0 Å². The zero-order valence-electron chi connectivity index (χ0n) is 22.3. The average molecular weight is 525 g/mol. The number of carbonyl (C=O) groups excluding carboxylic acids is 1. The second kappa shape index (κ2) is 10.5. The molecule has 196 valence electrons. The maximum Gasteiger partial charge on any atom is 0.227 e. The molecule has 0 fully saturated rings. The number of ketones is 1. The van der Waals surface area contributed by atoms with Crippen molar-refractivity contribution in [2.24, 2.45) is 7.05 Å². The monoisotopic (exact) mass is 524 g/mol. The van der Waals surface area contributed by atoms with E-state index in [4.69, 9.17) is 10.1 Å². The van der Waals surface area contributed by atoms with E-state index >= 15 is 0 Å². The predicted octanol–water partition coefficient (Wildman–Crippen LogP) is 7.17. The van der Waals surface area contributed by atoms with Crippen LogP contribution in [-0.2, 0) is 7.05 Å². The van der Waals surface area contributed by atoms with Crippen molar-refractivity contribution in [3.8, 4) is 22.5 Å². The summed E-state index contributed by atoms with van der Waals surface area (Å²) in [5, 5.41) is 8.25. The molecule has 6 aromatic rings. The van der Waals surface area contributed by atoms with Gasteiger partial charge in [-0.05, 0) is 59.7 Å². The summed E-state index contributed by atoms with van der Waals surface area (Å²) in [4.78, 5) is 22.6. The van der Waals surface area contributed by atoms with Gasteiger partial charge in [0.15, 0.2) is 5.78 Å². The van der Waals surface area contributed by atoms with Crippen molar-refractivity contribution < 1.29 is 4.79 Å². The molecule has 7 nitrogen and oxygen atoms in total. The predicted molar refractivity (Wildman–Crippen MR) is 160 cm³/mol. The Hall–Kier alpha value is -5.30. The third-order valence-corrected chi connectivity index (χ3v) is 7.08. The molecule has 0 aliphatic rings. The van der Waals surface area contributed by atoms with Gasteiger partial charge in [-0.25, -0.2) is 14.5 Å². The van der Waals surface area contributed by atoms with E-state index in [1.54, 1.807) is 12.3 Å². The van der Waals surface area contributed by atoms with Crippen LogP contribution in [0.1, 0.15) is 34.5 Å². The van der Waals surface area contributed by atoms with Crippen LogP contribution in [0, 0.1) is 0 Å². The molecule has 0 radical (unpaired) electrons. The molecule has 1 N–H and O–H groups in total. The van der Waals surface area contributed by atoms with Crippen LogP contribution in [0.25, 0.3) is 34.1 Å². The van der Waals surface area contributed by atoms with Crippen LogP contribution in [0.15, 0.2) is 110 Å². The van der Waals surface area contributed by atoms with Crippen molar-refractivity contribution in [2.45, 2.75) is 12.8 Å². The normalized spacial score (nSPS) is 11.8. The zero-order chi connectivity index (χ0) is 27.6. The van der Waals surface area contributed by atoms with Crippen LogP contribution in [0.2, 0.25) is 0 Å². The average Bonchev–Trinajstić information content (AvgIpc) is 3.60. The summed E-state index contributed by atoms with van der Waals surface area (Å²) in [6.07, 6.45) is 7.36. The molecular weight excluding hydrogens is 496 g/mol. The number of Topliss-reactive ketones (excluding diaryl/α,β-unsaturated/α-hetero) is 1. The van der Waals surface area contributed by atoms with Gasteiger partial charge >= 0.3 is 0 Å². The Balaban J connectivity index is 1.41. The number of rotatable bonds is 8. The lowest BCUT2D eigenvalue weighted by molar-refractivity contribution is 0.0958. The Morgan fingerprint density at radius 2 is 1.85 bits per heavy atom. The first-order chi connectivity index (χ1) is 19.5. The molecule has 4 aromatic heterocycles. The van der Waals surface area contributed by atoms with Gasteiger partial charge in [0.05, 0.1) is 22.5 Å². The number of carbonyl (C=O) groups is 1. The fourth-order valence-electron chi connectivity index (χ4n) is 4.93. The fourth-order valence-corrected chi connectivity index (χ4v) is 4.93. The van der Waals surface area contributed by atoms with Gasteiger partial charge in [0.1, 0.15) is 5.69 Å². The first-order valence-electron chi connectivity index (χ1n) is 13.1.